The van der Waals surface area contributed by atoms with E-state index in [1.807, 2.05) is 12.1 Å². The number of benzene rings is 16. The number of rotatable bonds is 7. The molecule has 16 aromatic carbocycles. The van der Waals surface area contributed by atoms with Crippen LogP contribution in [0.15, 0.2) is 336 Å². The predicted molar refractivity (Wildman–Crippen MR) is 410 cm³/mol. The first-order valence-corrected chi connectivity index (χ1v) is 33.6. The first kappa shape index (κ1) is 53.2. The normalized spacial score (nSPS) is 12.3. The highest BCUT2D eigenvalue weighted by molar-refractivity contribution is 6.29. The molecule has 0 aliphatic carbocycles. The molecule has 0 amide bonds. The van der Waals surface area contributed by atoms with Crippen molar-refractivity contribution in [3.05, 3.63) is 328 Å². The Morgan fingerprint density at radius 3 is 1.47 bits per heavy atom. The van der Waals surface area contributed by atoms with Crippen LogP contribution in [0.25, 0.3) is 209 Å². The average molecular weight is 1250 g/mol. The molecule has 0 radical (unpaired) electrons. The van der Waals surface area contributed by atoms with E-state index in [9.17, 15) is 0 Å². The lowest BCUT2D eigenvalue weighted by Crippen LogP contribution is -1.97. The lowest BCUT2D eigenvalue weighted by Gasteiger charge is -2.15. The molecule has 22 rings (SSSR count). The molecule has 6 aromatic heterocycles. The smallest absolute Gasteiger partial charge is 0.159 e. The van der Waals surface area contributed by atoms with Crippen LogP contribution in [0, 0.1) is 0 Å². The second kappa shape index (κ2) is 20.2. The van der Waals surface area contributed by atoms with Crippen LogP contribution in [0.2, 0.25) is 0 Å². The Kier molecular flexibility index (Phi) is 11.0. The Balaban J connectivity index is 0.659. The zero-order chi connectivity index (χ0) is 63.8. The summed E-state index contributed by atoms with van der Waals surface area (Å²) in [5, 5.41) is 18.9. The Morgan fingerprint density at radius 1 is 0.204 bits per heavy atom. The van der Waals surface area contributed by atoms with Crippen LogP contribution >= 0.6 is 0 Å². The van der Waals surface area contributed by atoms with E-state index in [2.05, 4.69) is 334 Å². The van der Waals surface area contributed by atoms with E-state index in [1.54, 1.807) is 0 Å². The third kappa shape index (κ3) is 7.40. The topological polar surface area (TPSA) is 46.0 Å². The molecule has 0 bridgehead atoms. The number of aromatic nitrogens is 4. The number of hydrogen-bond donors (Lipinski definition) is 0. The van der Waals surface area contributed by atoms with Gasteiger partial charge >= 0.3 is 0 Å². The van der Waals surface area contributed by atoms with Gasteiger partial charge in [0.15, 0.2) is 5.58 Å². The molecule has 454 valence electrons. The van der Waals surface area contributed by atoms with Crippen LogP contribution in [0.1, 0.15) is 0 Å². The maximum atomic E-state index is 7.19. The van der Waals surface area contributed by atoms with Crippen molar-refractivity contribution in [1.82, 2.24) is 18.3 Å². The van der Waals surface area contributed by atoms with Crippen molar-refractivity contribution < 1.29 is 8.83 Å². The third-order valence-corrected chi connectivity index (χ3v) is 21.2. The molecular weight excluding hydrogens is 1190 g/mol. The minimum absolute atomic E-state index is 0.849. The quantitative estimate of drug-likeness (QED) is 0.160. The van der Waals surface area contributed by atoms with Crippen molar-refractivity contribution in [2.75, 3.05) is 0 Å². The minimum atomic E-state index is 0.849. The summed E-state index contributed by atoms with van der Waals surface area (Å²) in [7, 11) is 0. The summed E-state index contributed by atoms with van der Waals surface area (Å²) in [6, 6.07) is 120. The summed E-state index contributed by atoms with van der Waals surface area (Å²) >= 11 is 0. The number of nitrogens with zero attached hydrogens (tertiary/aromatic N) is 4. The van der Waals surface area contributed by atoms with Gasteiger partial charge in [-0.25, -0.2) is 0 Å². The minimum Gasteiger partial charge on any atom is -0.456 e. The highest BCUT2D eigenvalue weighted by atomic mass is 16.3. The fourth-order valence-corrected chi connectivity index (χ4v) is 17.0. The summed E-state index contributed by atoms with van der Waals surface area (Å²) in [4.78, 5) is 0. The molecule has 0 unspecified atom stereocenters. The Bertz CT molecular complexity index is 7170. The molecule has 22 aromatic rings. The van der Waals surface area contributed by atoms with E-state index in [1.165, 1.54) is 103 Å². The van der Waals surface area contributed by atoms with Gasteiger partial charge in [-0.2, -0.15) is 0 Å². The second-order valence-corrected chi connectivity index (χ2v) is 26.2. The zero-order valence-corrected chi connectivity index (χ0v) is 52.8. The van der Waals surface area contributed by atoms with Crippen molar-refractivity contribution in [3.8, 4) is 56.1 Å². The van der Waals surface area contributed by atoms with Gasteiger partial charge in [0.05, 0.1) is 55.5 Å². The number of furan rings is 2. The predicted octanol–water partition coefficient (Wildman–Crippen LogP) is 25.2. The number of para-hydroxylation sites is 6. The van der Waals surface area contributed by atoms with Gasteiger partial charge in [-0.3, -0.25) is 0 Å². The van der Waals surface area contributed by atoms with Crippen LogP contribution in [0.5, 0.6) is 0 Å². The maximum Gasteiger partial charge on any atom is 0.159 e. The molecule has 0 saturated heterocycles. The molecule has 6 heterocycles. The molecule has 0 saturated carbocycles. The van der Waals surface area contributed by atoms with Gasteiger partial charge in [-0.05, 0) is 141 Å². The lowest BCUT2D eigenvalue weighted by atomic mass is 9.93. The molecule has 0 fully saturated rings. The lowest BCUT2D eigenvalue weighted by molar-refractivity contribution is 0.666. The SMILES string of the molecule is c1ccc(-c2ccc(-n3c4ccccc4c4ccc5c(c6ccccc6n5-c5cccc6c5oc5cccc(-c7ccc8c(-c9ccc(-n%10c%11ccccc%11c%11ccc%12c(c%13ccccc%13n%12-c%12ccc%13c(c%12)oc%12ccccc%12%13)c%11%10)cc9)cccc8c7)c56)c43)c3ccccc23)cc1. The summed E-state index contributed by atoms with van der Waals surface area (Å²) < 4.78 is 23.5. The molecule has 0 spiro atoms. The van der Waals surface area contributed by atoms with Crippen molar-refractivity contribution in [2.24, 2.45) is 0 Å². The van der Waals surface area contributed by atoms with Crippen molar-refractivity contribution in [1.29, 1.82) is 0 Å². The van der Waals surface area contributed by atoms with Crippen LogP contribution < -0.4 is 0 Å². The van der Waals surface area contributed by atoms with Gasteiger partial charge in [-0.1, -0.05) is 231 Å². The fraction of sp³-hybridized carbons (Fsp3) is 0. The van der Waals surface area contributed by atoms with E-state index in [0.29, 0.717) is 0 Å². The zero-order valence-electron chi connectivity index (χ0n) is 52.8. The van der Waals surface area contributed by atoms with Gasteiger partial charge in [0, 0.05) is 87.5 Å². The second-order valence-electron chi connectivity index (χ2n) is 26.2. The Labute approximate surface area is 560 Å². The van der Waals surface area contributed by atoms with Crippen LogP contribution in [-0.2, 0) is 0 Å². The highest BCUT2D eigenvalue weighted by Crippen LogP contribution is 2.48. The van der Waals surface area contributed by atoms with Crippen molar-refractivity contribution >= 4 is 153 Å². The third-order valence-electron chi connectivity index (χ3n) is 21.2. The highest BCUT2D eigenvalue weighted by Gasteiger charge is 2.26. The van der Waals surface area contributed by atoms with Gasteiger partial charge in [0.1, 0.15) is 16.7 Å². The fourth-order valence-electron chi connectivity index (χ4n) is 17.0. The molecule has 0 aliphatic rings. The monoisotopic (exact) mass is 1250 g/mol. The Morgan fingerprint density at radius 2 is 0.714 bits per heavy atom. The molecule has 0 aliphatic heterocycles. The average Bonchev–Trinajstić information content (AvgIpc) is 1.55. The molecule has 0 N–H and O–H groups in total. The Hall–Kier alpha value is -13.2. The van der Waals surface area contributed by atoms with Crippen molar-refractivity contribution in [2.45, 2.75) is 0 Å². The molecule has 6 heteroatoms. The van der Waals surface area contributed by atoms with Crippen molar-refractivity contribution in [3.63, 3.8) is 0 Å². The number of fused-ring (bicyclic) bond motifs is 22. The molecule has 6 nitrogen and oxygen atoms in total. The van der Waals surface area contributed by atoms with Crippen LogP contribution in [-0.4, -0.2) is 18.3 Å². The van der Waals surface area contributed by atoms with Gasteiger partial charge in [0.25, 0.3) is 0 Å². The van der Waals surface area contributed by atoms with Gasteiger partial charge in [-0.15, -0.1) is 0 Å². The largest absolute Gasteiger partial charge is 0.456 e. The van der Waals surface area contributed by atoms with Gasteiger partial charge < -0.3 is 27.1 Å². The van der Waals surface area contributed by atoms with Crippen LogP contribution in [0.3, 0.4) is 0 Å². The molecule has 98 heavy (non-hydrogen) atoms. The molecule has 0 atom stereocenters. The molecular formula is C92H54N4O2. The van der Waals surface area contributed by atoms with E-state index in [4.69, 9.17) is 8.83 Å². The summed E-state index contributed by atoms with van der Waals surface area (Å²) in [6.07, 6.45) is 0. The summed E-state index contributed by atoms with van der Waals surface area (Å²) in [6.45, 7) is 0. The first-order valence-electron chi connectivity index (χ1n) is 33.6. The van der Waals surface area contributed by atoms with E-state index < -0.39 is 0 Å². The summed E-state index contributed by atoms with van der Waals surface area (Å²) in [5.41, 5.74) is 24.1. The van der Waals surface area contributed by atoms with E-state index in [0.717, 1.165) is 105 Å². The maximum absolute atomic E-state index is 7.19. The van der Waals surface area contributed by atoms with E-state index in [-0.39, 0.29) is 0 Å². The van der Waals surface area contributed by atoms with Gasteiger partial charge in [0.2, 0.25) is 0 Å². The standard InChI is InChI=1S/C92H54N4O2/c1-2-19-55(20-3-1)62-47-50-80(66-23-5-4-22-65(62)66)96-77-33-12-7-25-68(77)72-49-52-82-89(91(72)96)74-28-9-14-35-79(74)95(82)83-36-17-31-75-87-64(30-18-38-85(87)98-92(75)83)58-41-45-63-57(53-58)21-16-29-61(63)56-39-42-59(43-40-56)94-76-32-11-6-24-67(76)71-48-51-81-88(90(71)94)73-27-8-13-34-78(73)93(81)60-44-46-70-69-26-10-15-37-84(69)97-86(70)54-60/h1-54H. The first-order chi connectivity index (χ1) is 48.6. The van der Waals surface area contributed by atoms with E-state index >= 15 is 0 Å². The summed E-state index contributed by atoms with van der Waals surface area (Å²) in [5.74, 6) is 0. The number of hydrogen-bond acceptors (Lipinski definition) is 2. The van der Waals surface area contributed by atoms with Crippen LogP contribution in [0.4, 0.5) is 0 Å².